The highest BCUT2D eigenvalue weighted by Crippen LogP contribution is 2.25. The number of hydrogen-bond acceptors (Lipinski definition) is 3. The third-order valence-electron chi connectivity index (χ3n) is 2.84. The largest absolute Gasteiger partial charge is 0.398 e. The Bertz CT molecular complexity index is 787. The fraction of sp³-hybridized carbons (Fsp3) is 0.0769. The summed E-state index contributed by atoms with van der Waals surface area (Å²) in [6, 6.07) is 5.34. The minimum absolute atomic E-state index is 0.0208. The molecule has 0 radical (unpaired) electrons. The summed E-state index contributed by atoms with van der Waals surface area (Å²) in [5.41, 5.74) is 5.80. The van der Waals surface area contributed by atoms with Crippen molar-refractivity contribution in [3.05, 3.63) is 52.6 Å². The Morgan fingerprint density at radius 2 is 1.81 bits per heavy atom. The molecule has 0 aromatic heterocycles. The fourth-order valence-electron chi connectivity index (χ4n) is 1.60. The van der Waals surface area contributed by atoms with Crippen molar-refractivity contribution in [2.45, 2.75) is 11.8 Å². The predicted octanol–water partition coefficient (Wildman–Crippen LogP) is 3.31. The molecule has 0 unspecified atom stereocenters. The van der Waals surface area contributed by atoms with Crippen LogP contribution in [0.3, 0.4) is 0 Å². The van der Waals surface area contributed by atoms with Gasteiger partial charge in [-0.3, -0.25) is 4.72 Å². The molecule has 2 aromatic rings. The molecule has 0 saturated heterocycles. The fourth-order valence-corrected chi connectivity index (χ4v) is 2.88. The van der Waals surface area contributed by atoms with E-state index >= 15 is 0 Å². The smallest absolute Gasteiger partial charge is 0.262 e. The van der Waals surface area contributed by atoms with Gasteiger partial charge in [-0.1, -0.05) is 11.6 Å². The summed E-state index contributed by atoms with van der Waals surface area (Å²) in [4.78, 5) is -0.330. The second-order valence-electron chi connectivity index (χ2n) is 4.35. The summed E-state index contributed by atoms with van der Waals surface area (Å²) in [5.74, 6) is -1.40. The molecule has 0 aliphatic heterocycles. The van der Waals surface area contributed by atoms with Gasteiger partial charge in [0.15, 0.2) is 0 Å². The molecule has 0 amide bonds. The van der Waals surface area contributed by atoms with E-state index in [4.69, 9.17) is 17.3 Å². The number of anilines is 2. The Morgan fingerprint density at radius 1 is 1.14 bits per heavy atom. The molecule has 0 atom stereocenters. The number of nitrogens with two attached hydrogens (primary N) is 1. The van der Waals surface area contributed by atoms with Crippen molar-refractivity contribution in [1.29, 1.82) is 0 Å². The van der Waals surface area contributed by atoms with E-state index in [1.807, 2.05) is 0 Å². The van der Waals surface area contributed by atoms with E-state index in [0.717, 1.165) is 24.3 Å². The molecule has 0 bridgehead atoms. The maximum Gasteiger partial charge on any atom is 0.262 e. The first-order chi connectivity index (χ1) is 9.70. The topological polar surface area (TPSA) is 72.2 Å². The molecule has 0 heterocycles. The van der Waals surface area contributed by atoms with E-state index in [1.165, 1.54) is 13.0 Å². The maximum atomic E-state index is 13.6. The average molecular weight is 333 g/mol. The van der Waals surface area contributed by atoms with Gasteiger partial charge in [-0.05, 0) is 37.3 Å². The van der Waals surface area contributed by atoms with E-state index in [1.54, 1.807) is 0 Å². The van der Waals surface area contributed by atoms with Crippen molar-refractivity contribution in [1.82, 2.24) is 0 Å². The van der Waals surface area contributed by atoms with E-state index in [-0.39, 0.29) is 26.9 Å². The lowest BCUT2D eigenvalue weighted by Crippen LogP contribution is -2.14. The van der Waals surface area contributed by atoms with Gasteiger partial charge in [0.1, 0.15) is 11.6 Å². The molecule has 0 saturated carbocycles. The molecule has 3 N–H and O–H groups in total. The van der Waals surface area contributed by atoms with Crippen molar-refractivity contribution in [3.8, 4) is 0 Å². The summed E-state index contributed by atoms with van der Waals surface area (Å²) in [6.07, 6.45) is 0. The Kier molecular flexibility index (Phi) is 4.06. The highest BCUT2D eigenvalue weighted by atomic mass is 35.5. The van der Waals surface area contributed by atoms with Gasteiger partial charge in [0.2, 0.25) is 0 Å². The number of nitrogens with one attached hydrogen (secondary N) is 1. The van der Waals surface area contributed by atoms with Crippen molar-refractivity contribution in [2.24, 2.45) is 0 Å². The zero-order valence-electron chi connectivity index (χ0n) is 10.8. The van der Waals surface area contributed by atoms with Gasteiger partial charge in [0.05, 0.1) is 15.6 Å². The lowest BCUT2D eigenvalue weighted by atomic mass is 10.2. The van der Waals surface area contributed by atoms with E-state index in [2.05, 4.69) is 4.72 Å². The van der Waals surface area contributed by atoms with Crippen LogP contribution in [0.1, 0.15) is 5.56 Å². The van der Waals surface area contributed by atoms with Crippen LogP contribution in [0.2, 0.25) is 5.02 Å². The highest BCUT2D eigenvalue weighted by molar-refractivity contribution is 7.92. The van der Waals surface area contributed by atoms with Crippen LogP contribution in [0, 0.1) is 18.6 Å². The SMILES string of the molecule is Cc1c(N)cc(S(=O)(=O)Nc2ccc(F)c(Cl)c2)cc1F. The van der Waals surface area contributed by atoms with Crippen LogP contribution >= 0.6 is 11.6 Å². The first-order valence-corrected chi connectivity index (χ1v) is 7.60. The molecule has 21 heavy (non-hydrogen) atoms. The number of sulfonamides is 1. The second-order valence-corrected chi connectivity index (χ2v) is 6.44. The zero-order valence-corrected chi connectivity index (χ0v) is 12.4. The molecule has 0 spiro atoms. The van der Waals surface area contributed by atoms with E-state index in [9.17, 15) is 17.2 Å². The first-order valence-electron chi connectivity index (χ1n) is 5.74. The number of rotatable bonds is 3. The Labute approximate surface area is 125 Å². The van der Waals surface area contributed by atoms with Gasteiger partial charge in [-0.25, -0.2) is 17.2 Å². The quantitative estimate of drug-likeness (QED) is 0.847. The molecule has 0 aliphatic carbocycles. The number of hydrogen-bond donors (Lipinski definition) is 2. The molecule has 2 rings (SSSR count). The minimum atomic E-state index is -4.06. The van der Waals surface area contributed by atoms with Crippen molar-refractivity contribution < 1.29 is 17.2 Å². The monoisotopic (exact) mass is 332 g/mol. The van der Waals surface area contributed by atoms with E-state index in [0.29, 0.717) is 0 Å². The molecule has 112 valence electrons. The number of nitrogen functional groups attached to an aromatic ring is 1. The van der Waals surface area contributed by atoms with Gasteiger partial charge < -0.3 is 5.73 Å². The molecular formula is C13H11ClF2N2O2S. The maximum absolute atomic E-state index is 13.6. The van der Waals surface area contributed by atoms with Crippen molar-refractivity contribution in [2.75, 3.05) is 10.5 Å². The molecule has 2 aromatic carbocycles. The standard InChI is InChI=1S/C13H11ClF2N2O2S/c1-7-12(16)5-9(6-13(7)17)21(19,20)18-8-2-3-11(15)10(14)4-8/h2-6,18H,17H2,1H3. The van der Waals surface area contributed by atoms with Crippen LogP contribution in [0.4, 0.5) is 20.2 Å². The third kappa shape index (κ3) is 3.25. The molecule has 8 heteroatoms. The van der Waals surface area contributed by atoms with Crippen molar-refractivity contribution >= 4 is 33.0 Å². The number of benzene rings is 2. The van der Waals surface area contributed by atoms with Crippen LogP contribution in [-0.2, 0) is 10.0 Å². The number of halogens is 3. The van der Waals surface area contributed by atoms with Gasteiger partial charge in [0.25, 0.3) is 10.0 Å². The van der Waals surface area contributed by atoms with Crippen LogP contribution in [-0.4, -0.2) is 8.42 Å². The molecule has 0 aliphatic rings. The first kappa shape index (κ1) is 15.5. The van der Waals surface area contributed by atoms with Gasteiger partial charge in [-0.15, -0.1) is 0 Å². The summed E-state index contributed by atoms with van der Waals surface area (Å²) in [5, 5.41) is -0.232. The van der Waals surface area contributed by atoms with Crippen molar-refractivity contribution in [3.63, 3.8) is 0 Å². The Balaban J connectivity index is 2.40. The summed E-state index contributed by atoms with van der Waals surface area (Å²) < 4.78 is 53.1. The van der Waals surface area contributed by atoms with Crippen LogP contribution in [0.25, 0.3) is 0 Å². The Morgan fingerprint density at radius 3 is 2.38 bits per heavy atom. The van der Waals surface area contributed by atoms with Gasteiger partial charge in [0, 0.05) is 11.3 Å². The molecule has 0 fully saturated rings. The molecular weight excluding hydrogens is 322 g/mol. The normalized spacial score (nSPS) is 11.4. The predicted molar refractivity (Wildman–Crippen MR) is 77.8 cm³/mol. The Hall–Kier alpha value is -1.86. The van der Waals surface area contributed by atoms with Crippen LogP contribution in [0.15, 0.2) is 35.2 Å². The second kappa shape index (κ2) is 5.50. The lowest BCUT2D eigenvalue weighted by Gasteiger charge is -2.10. The third-order valence-corrected chi connectivity index (χ3v) is 4.49. The van der Waals surface area contributed by atoms with Crippen LogP contribution < -0.4 is 10.5 Å². The summed E-state index contributed by atoms with van der Waals surface area (Å²) >= 11 is 5.57. The highest BCUT2D eigenvalue weighted by Gasteiger charge is 2.18. The summed E-state index contributed by atoms with van der Waals surface area (Å²) in [7, 11) is -4.06. The average Bonchev–Trinajstić information content (AvgIpc) is 2.39. The lowest BCUT2D eigenvalue weighted by molar-refractivity contribution is 0.593. The summed E-state index contributed by atoms with van der Waals surface area (Å²) in [6.45, 7) is 1.44. The minimum Gasteiger partial charge on any atom is -0.398 e. The van der Waals surface area contributed by atoms with Gasteiger partial charge >= 0.3 is 0 Å². The zero-order chi connectivity index (χ0) is 15.8. The van der Waals surface area contributed by atoms with Crippen LogP contribution in [0.5, 0.6) is 0 Å². The molecule has 4 nitrogen and oxygen atoms in total. The van der Waals surface area contributed by atoms with Gasteiger partial charge in [-0.2, -0.15) is 0 Å². The van der Waals surface area contributed by atoms with E-state index < -0.39 is 21.7 Å².